The third kappa shape index (κ3) is 18.8. The van der Waals surface area contributed by atoms with Crippen LogP contribution in [0.2, 0.25) is 0 Å². The second kappa shape index (κ2) is 16.6. The molecule has 0 unspecified atom stereocenters. The third-order valence-corrected chi connectivity index (χ3v) is 6.44. The average Bonchev–Trinajstić information content (AvgIpc) is 3.20. The summed E-state index contributed by atoms with van der Waals surface area (Å²) in [5.74, 6) is 3.87. The van der Waals surface area contributed by atoms with Crippen molar-refractivity contribution in [2.45, 2.75) is 38.8 Å². The van der Waals surface area contributed by atoms with Crippen molar-refractivity contribution < 1.29 is 29.0 Å². The third-order valence-electron chi connectivity index (χ3n) is 4.22. The fourth-order valence-electron chi connectivity index (χ4n) is 2.24. The van der Waals surface area contributed by atoms with Crippen LogP contribution in [-0.2, 0) is 10.4 Å². The summed E-state index contributed by atoms with van der Waals surface area (Å²) >= 11 is 13.3. The molecule has 0 spiro atoms. The Labute approximate surface area is 226 Å². The Hall–Kier alpha value is -1.05. The van der Waals surface area contributed by atoms with Gasteiger partial charge in [-0.1, -0.05) is 0 Å². The number of aliphatic imine (C=N–C) groups is 4. The highest BCUT2D eigenvalue weighted by atomic mass is 32.3. The van der Waals surface area contributed by atoms with E-state index in [0.29, 0.717) is 10.2 Å². The molecule has 17 heteroatoms. The highest BCUT2D eigenvalue weighted by molar-refractivity contribution is 8.00. The van der Waals surface area contributed by atoms with Crippen molar-refractivity contribution in [1.29, 1.82) is 0 Å². The molecule has 0 fully saturated rings. The van der Waals surface area contributed by atoms with E-state index in [1.54, 1.807) is 12.7 Å². The zero-order chi connectivity index (χ0) is 27.1. The van der Waals surface area contributed by atoms with Crippen molar-refractivity contribution in [2.75, 3.05) is 36.1 Å². The van der Waals surface area contributed by atoms with Gasteiger partial charge in [-0.15, -0.1) is 0 Å². The molecule has 12 nitrogen and oxygen atoms in total. The molecule has 2 aliphatic heterocycles. The molecule has 0 aromatic heterocycles. The van der Waals surface area contributed by atoms with E-state index in [0.717, 1.165) is 47.5 Å². The molecule has 8 N–H and O–H groups in total. The minimum Gasteiger partial charge on any atom is -0.759 e. The number of nitrogens with one attached hydrogen (secondary N) is 2. The van der Waals surface area contributed by atoms with E-state index in [2.05, 4.69) is 69.8 Å². The molecule has 35 heavy (non-hydrogen) atoms. The Morgan fingerprint density at radius 1 is 0.886 bits per heavy atom. The number of hydrogen-bond acceptors (Lipinski definition) is 12. The first-order chi connectivity index (χ1) is 16.0. The van der Waals surface area contributed by atoms with Crippen LogP contribution in [0.1, 0.15) is 27.7 Å². The van der Waals surface area contributed by atoms with Gasteiger partial charge in [0.1, 0.15) is 12.7 Å². The molecular weight excluding hydrogens is 553 g/mol. The van der Waals surface area contributed by atoms with Crippen molar-refractivity contribution >= 4 is 92.7 Å². The highest BCUT2D eigenvalue weighted by Crippen LogP contribution is 2.19. The van der Waals surface area contributed by atoms with Crippen LogP contribution in [0.25, 0.3) is 0 Å². The van der Waals surface area contributed by atoms with E-state index in [-0.39, 0.29) is 11.1 Å². The summed E-state index contributed by atoms with van der Waals surface area (Å²) in [5.41, 5.74) is 9.28. The molecule has 0 aliphatic carbocycles. The predicted molar refractivity (Wildman–Crippen MR) is 152 cm³/mol. The smallest absolute Gasteiger partial charge is 0.264 e. The molecule has 0 aromatic carbocycles. The Morgan fingerprint density at radius 2 is 1.20 bits per heavy atom. The van der Waals surface area contributed by atoms with Crippen LogP contribution in [0.4, 0.5) is 0 Å². The summed E-state index contributed by atoms with van der Waals surface area (Å²) in [6.07, 6.45) is 3.30. The molecule has 0 aromatic rings. The molecule has 0 radical (unpaired) electrons. The number of hydrogen-bond donors (Lipinski definition) is 4. The molecule has 2 heterocycles. The Bertz CT molecular complexity index is 865. The van der Waals surface area contributed by atoms with E-state index in [1.165, 1.54) is 0 Å². The van der Waals surface area contributed by atoms with Gasteiger partial charge < -0.3 is 31.2 Å². The van der Waals surface area contributed by atoms with Gasteiger partial charge >= 0.3 is 0 Å². The minimum atomic E-state index is -5.17. The van der Waals surface area contributed by atoms with Gasteiger partial charge in [-0.05, 0) is 27.7 Å². The standard InChI is InChI=1S/2C9H16N4S2.H2O4S/c2*1-9(2)7(12-6-13-9)5-15-4-3-11-8(10)14;1-5(2,3)4/h2*6H,3-5H2,1-2H3,(H3,10,11,14);(H2,1,2,3,4). The van der Waals surface area contributed by atoms with Gasteiger partial charge in [0.15, 0.2) is 0 Å². The number of rotatable bonds is 10. The van der Waals surface area contributed by atoms with Crippen LogP contribution < -0.4 is 22.1 Å². The lowest BCUT2D eigenvalue weighted by Gasteiger charge is -2.16. The summed E-state index contributed by atoms with van der Waals surface area (Å²) in [6.45, 7) is 10.1. The Morgan fingerprint density at radius 3 is 1.43 bits per heavy atom. The molecule has 0 saturated heterocycles. The first-order valence-electron chi connectivity index (χ1n) is 10.3. The van der Waals surface area contributed by atoms with Crippen LogP contribution in [0.5, 0.6) is 0 Å². The second-order valence-corrected chi connectivity index (χ2v) is 12.0. The van der Waals surface area contributed by atoms with E-state index >= 15 is 0 Å². The highest BCUT2D eigenvalue weighted by Gasteiger charge is 2.26. The van der Waals surface area contributed by atoms with Crippen molar-refractivity contribution in [3.05, 3.63) is 0 Å². The maximum Gasteiger partial charge on any atom is 0.264 e. The zero-order valence-corrected chi connectivity index (χ0v) is 24.4. The fourth-order valence-corrected chi connectivity index (χ4v) is 4.47. The lowest BCUT2D eigenvalue weighted by molar-refractivity contribution is -0.215. The summed E-state index contributed by atoms with van der Waals surface area (Å²) in [5, 5.41) is 7.26. The molecule has 2 aliphatic rings. The first-order valence-corrected chi connectivity index (χ1v) is 14.7. The number of thiocarbonyl (C=S) groups is 2. The minimum absolute atomic E-state index is 0.109. The van der Waals surface area contributed by atoms with Crippen molar-refractivity contribution in [3.63, 3.8) is 0 Å². The van der Waals surface area contributed by atoms with E-state index < -0.39 is 10.4 Å². The topological polar surface area (TPSA) is 209 Å². The monoisotopic (exact) mass is 586 g/mol. The van der Waals surface area contributed by atoms with Crippen molar-refractivity contribution in [2.24, 2.45) is 20.0 Å². The molecule has 0 atom stereocenters. The predicted octanol–water partition coefficient (Wildman–Crippen LogP) is -1.14. The summed E-state index contributed by atoms with van der Waals surface area (Å²) in [7, 11) is -5.17. The van der Waals surface area contributed by atoms with Crippen molar-refractivity contribution in [3.8, 4) is 0 Å². The van der Waals surface area contributed by atoms with E-state index in [1.807, 2.05) is 23.5 Å². The summed E-state index contributed by atoms with van der Waals surface area (Å²) in [6, 6.07) is 0. The van der Waals surface area contributed by atoms with Gasteiger partial charge in [-0.3, -0.25) is 18.4 Å². The summed E-state index contributed by atoms with van der Waals surface area (Å²) in [4.78, 5) is 17.1. The van der Waals surface area contributed by atoms with Gasteiger partial charge in [0.05, 0.1) is 22.5 Å². The quantitative estimate of drug-likeness (QED) is 0.105. The van der Waals surface area contributed by atoms with Crippen LogP contribution >= 0.6 is 48.0 Å². The van der Waals surface area contributed by atoms with Gasteiger partial charge in [0.25, 0.3) is 10.2 Å². The van der Waals surface area contributed by atoms with E-state index in [9.17, 15) is 0 Å². The molecule has 200 valence electrons. The maximum absolute atomic E-state index is 8.52. The maximum atomic E-state index is 8.52. The van der Waals surface area contributed by atoms with Gasteiger partial charge in [-0.2, -0.15) is 23.5 Å². The van der Waals surface area contributed by atoms with Gasteiger partial charge in [0, 0.05) is 70.9 Å². The van der Waals surface area contributed by atoms with Crippen LogP contribution in [0.15, 0.2) is 20.0 Å². The van der Waals surface area contributed by atoms with Crippen LogP contribution in [-0.4, -0.2) is 99.0 Å². The summed E-state index contributed by atoms with van der Waals surface area (Å²) < 4.78 is 34.1. The zero-order valence-electron chi connectivity index (χ0n) is 20.3. The fraction of sp³-hybridized carbons (Fsp3) is 0.667. The Kier molecular flexibility index (Phi) is 16.1. The molecular formula is C18H34N8O4S5. The number of quaternary nitrogens is 2. The van der Waals surface area contributed by atoms with E-state index in [4.69, 9.17) is 42.0 Å². The van der Waals surface area contributed by atoms with Gasteiger partial charge in [-0.25, -0.2) is 9.98 Å². The van der Waals surface area contributed by atoms with Crippen molar-refractivity contribution in [1.82, 2.24) is 10.6 Å². The van der Waals surface area contributed by atoms with Crippen LogP contribution in [0.3, 0.4) is 0 Å². The normalized spacial score (nSPS) is 16.8. The molecule has 0 bridgehead atoms. The molecule has 0 amide bonds. The van der Waals surface area contributed by atoms with Crippen LogP contribution in [0, 0.1) is 0 Å². The largest absolute Gasteiger partial charge is 0.759 e. The average molecular weight is 587 g/mol. The first kappa shape index (κ1) is 34.0. The Balaban J connectivity index is 0.000000555. The van der Waals surface area contributed by atoms with Gasteiger partial charge in [0.2, 0.25) is 0 Å². The lowest BCUT2D eigenvalue weighted by Crippen LogP contribution is -2.63. The SMILES string of the molecule is CC1(C)N=CN=C1CSCCNC([NH3+])=S.CC1(C)N=CN=C1CSCCNC([NH3+])=S.O=S(=O)([O-])[O-]. The lowest BCUT2D eigenvalue weighted by atomic mass is 10.0. The second-order valence-electron chi connectivity index (χ2n) is 7.97. The number of thioether (sulfide) groups is 2. The molecule has 0 saturated carbocycles. The number of nitrogens with zero attached hydrogens (tertiary/aromatic N) is 4. The molecule has 2 rings (SSSR count).